The fourth-order valence-electron chi connectivity index (χ4n) is 4.92. The Labute approximate surface area is 247 Å². The van der Waals surface area contributed by atoms with E-state index in [1.54, 1.807) is 17.0 Å². The molecule has 0 aliphatic heterocycles. The van der Waals surface area contributed by atoms with Crippen LogP contribution < -0.4 is 5.32 Å². The molecule has 2 amide bonds. The third-order valence-electron chi connectivity index (χ3n) is 7.00. The van der Waals surface area contributed by atoms with Crippen LogP contribution in [-0.4, -0.2) is 34.6 Å². The zero-order chi connectivity index (χ0) is 27.6. The lowest BCUT2D eigenvalue weighted by molar-refractivity contribution is -0.139. The van der Waals surface area contributed by atoms with Crippen molar-refractivity contribution in [3.8, 4) is 0 Å². The van der Waals surface area contributed by atoms with Gasteiger partial charge in [0.2, 0.25) is 11.8 Å². The van der Waals surface area contributed by atoms with Gasteiger partial charge in [-0.2, -0.15) is 0 Å². The van der Waals surface area contributed by atoms with Gasteiger partial charge >= 0.3 is 0 Å². The number of nitrogens with one attached hydrogen (secondary N) is 1. The average Bonchev–Trinajstić information content (AvgIpc) is 2.93. The number of nitrogens with zero attached hydrogens (tertiary/aromatic N) is 1. The smallest absolute Gasteiger partial charge is 0.243 e. The van der Waals surface area contributed by atoms with Gasteiger partial charge in [0.05, 0.1) is 5.75 Å². The topological polar surface area (TPSA) is 49.4 Å². The highest BCUT2D eigenvalue weighted by Crippen LogP contribution is 2.25. The van der Waals surface area contributed by atoms with Crippen molar-refractivity contribution >= 4 is 51.1 Å². The fourth-order valence-corrected chi connectivity index (χ4v) is 6.62. The van der Waals surface area contributed by atoms with E-state index in [0.29, 0.717) is 17.0 Å². The van der Waals surface area contributed by atoms with E-state index in [1.165, 1.54) is 24.2 Å². The van der Waals surface area contributed by atoms with E-state index in [-0.39, 0.29) is 41.7 Å². The molecule has 39 heavy (non-hydrogen) atoms. The van der Waals surface area contributed by atoms with Gasteiger partial charge in [-0.1, -0.05) is 95.3 Å². The molecule has 1 saturated carbocycles. The summed E-state index contributed by atoms with van der Waals surface area (Å²) in [6.45, 7) is 0.287. The highest BCUT2D eigenvalue weighted by Gasteiger charge is 2.32. The molecule has 0 aromatic heterocycles. The second-order valence-corrected chi connectivity index (χ2v) is 12.2. The van der Waals surface area contributed by atoms with E-state index in [9.17, 15) is 14.0 Å². The van der Waals surface area contributed by atoms with E-state index >= 15 is 0 Å². The third-order valence-corrected chi connectivity index (χ3v) is 8.79. The number of amides is 2. The number of hydrogen-bond donors (Lipinski definition) is 1. The Kier molecular flexibility index (Phi) is 11.3. The molecule has 4 nitrogen and oxygen atoms in total. The van der Waals surface area contributed by atoms with Crippen molar-refractivity contribution in [2.75, 3.05) is 5.75 Å². The number of rotatable bonds is 11. The summed E-state index contributed by atoms with van der Waals surface area (Å²) >= 11 is 11.0. The molecule has 3 aromatic rings. The minimum atomic E-state index is -0.682. The lowest BCUT2D eigenvalue weighted by Crippen LogP contribution is -2.53. The predicted octanol–water partition coefficient (Wildman–Crippen LogP) is 7.56. The molecule has 0 bridgehead atoms. The van der Waals surface area contributed by atoms with Crippen LogP contribution in [0.3, 0.4) is 0 Å². The maximum atomic E-state index is 14.3. The Hall–Kier alpha value is -2.35. The number of halogens is 3. The van der Waals surface area contributed by atoms with E-state index in [0.717, 1.165) is 41.3 Å². The van der Waals surface area contributed by atoms with Gasteiger partial charge in [0.25, 0.3) is 0 Å². The Morgan fingerprint density at radius 1 is 1.00 bits per heavy atom. The summed E-state index contributed by atoms with van der Waals surface area (Å²) in [6, 6.07) is 21.6. The highest BCUT2D eigenvalue weighted by atomic mass is 79.9. The molecule has 4 rings (SSSR count). The summed E-state index contributed by atoms with van der Waals surface area (Å²) in [5.74, 6) is -0.328. The maximum absolute atomic E-state index is 14.3. The number of benzene rings is 3. The van der Waals surface area contributed by atoms with Gasteiger partial charge < -0.3 is 10.2 Å². The molecule has 206 valence electrons. The molecule has 0 unspecified atom stereocenters. The van der Waals surface area contributed by atoms with Crippen LogP contribution in [0.25, 0.3) is 0 Å². The minimum absolute atomic E-state index is 0.0979. The van der Waals surface area contributed by atoms with Crippen LogP contribution in [0.5, 0.6) is 0 Å². The van der Waals surface area contributed by atoms with Gasteiger partial charge in [-0.15, -0.1) is 11.8 Å². The minimum Gasteiger partial charge on any atom is -0.352 e. The number of thioether (sulfide) groups is 1. The molecule has 1 fully saturated rings. The fraction of sp³-hybridized carbons (Fsp3) is 0.355. The molecule has 1 aliphatic rings. The first-order valence-corrected chi connectivity index (χ1v) is 15.6. The molecule has 3 aromatic carbocycles. The van der Waals surface area contributed by atoms with Crippen molar-refractivity contribution in [1.29, 1.82) is 0 Å². The Balaban J connectivity index is 1.58. The van der Waals surface area contributed by atoms with Gasteiger partial charge in [-0.05, 0) is 48.2 Å². The molecule has 1 N–H and O–H groups in total. The van der Waals surface area contributed by atoms with E-state index < -0.39 is 6.04 Å². The molecular formula is C31H33BrClFN2O2S. The monoisotopic (exact) mass is 630 g/mol. The maximum Gasteiger partial charge on any atom is 0.243 e. The van der Waals surface area contributed by atoms with Gasteiger partial charge in [0.15, 0.2) is 0 Å². The number of hydrogen-bond acceptors (Lipinski definition) is 3. The van der Waals surface area contributed by atoms with Gasteiger partial charge in [-0.25, -0.2) is 4.39 Å². The van der Waals surface area contributed by atoms with Gasteiger partial charge in [0.1, 0.15) is 11.9 Å². The number of carbonyl (C=O) groups is 2. The van der Waals surface area contributed by atoms with E-state index in [1.807, 2.05) is 54.6 Å². The predicted molar refractivity (Wildman–Crippen MR) is 161 cm³/mol. The van der Waals surface area contributed by atoms with Crippen molar-refractivity contribution in [2.24, 2.45) is 0 Å². The molecule has 0 spiro atoms. The first kappa shape index (κ1) is 29.6. The van der Waals surface area contributed by atoms with Crippen LogP contribution in [0.4, 0.5) is 4.39 Å². The van der Waals surface area contributed by atoms with Crippen LogP contribution in [0, 0.1) is 5.82 Å². The quantitative estimate of drug-likeness (QED) is 0.238. The SMILES string of the molecule is O=C(NC1CCCCC1)[C@H](Cc1ccccc1)N(Cc1cccc(Br)c1)C(=O)CSCc1c(F)cccc1Cl. The third kappa shape index (κ3) is 8.82. The second-order valence-electron chi connectivity index (χ2n) is 9.89. The largest absolute Gasteiger partial charge is 0.352 e. The number of carbonyl (C=O) groups excluding carboxylic acids is 2. The van der Waals surface area contributed by atoms with Gasteiger partial charge in [0, 0.05) is 39.8 Å². The summed E-state index contributed by atoms with van der Waals surface area (Å²) in [5.41, 5.74) is 2.29. The van der Waals surface area contributed by atoms with Crippen LogP contribution in [0.1, 0.15) is 48.8 Å². The summed E-state index contributed by atoms with van der Waals surface area (Å²) in [7, 11) is 0. The zero-order valence-corrected chi connectivity index (χ0v) is 24.9. The van der Waals surface area contributed by atoms with Crippen LogP contribution in [-0.2, 0) is 28.3 Å². The van der Waals surface area contributed by atoms with Crippen molar-refractivity contribution in [3.63, 3.8) is 0 Å². The van der Waals surface area contributed by atoms with Crippen molar-refractivity contribution in [1.82, 2.24) is 10.2 Å². The van der Waals surface area contributed by atoms with Crippen LogP contribution in [0.2, 0.25) is 5.02 Å². The lowest BCUT2D eigenvalue weighted by Gasteiger charge is -2.33. The first-order valence-electron chi connectivity index (χ1n) is 13.3. The summed E-state index contributed by atoms with van der Waals surface area (Å²) < 4.78 is 15.2. The molecular weight excluding hydrogens is 599 g/mol. The molecule has 8 heteroatoms. The van der Waals surface area contributed by atoms with Gasteiger partial charge in [-0.3, -0.25) is 9.59 Å². The second kappa shape index (κ2) is 14.9. The summed E-state index contributed by atoms with van der Waals surface area (Å²) in [4.78, 5) is 29.3. The first-order chi connectivity index (χ1) is 18.9. The van der Waals surface area contributed by atoms with E-state index in [4.69, 9.17) is 11.6 Å². The molecule has 1 atom stereocenters. The highest BCUT2D eigenvalue weighted by molar-refractivity contribution is 9.10. The molecule has 0 saturated heterocycles. The summed E-state index contributed by atoms with van der Waals surface area (Å²) in [6.07, 6.45) is 5.72. The normalized spacial score (nSPS) is 14.5. The van der Waals surface area contributed by atoms with Crippen molar-refractivity contribution in [3.05, 3.63) is 105 Å². The summed E-state index contributed by atoms with van der Waals surface area (Å²) in [5, 5.41) is 3.60. The van der Waals surface area contributed by atoms with Crippen molar-refractivity contribution in [2.45, 2.75) is 62.9 Å². The van der Waals surface area contributed by atoms with Crippen LogP contribution >= 0.6 is 39.3 Å². The molecule has 1 aliphatic carbocycles. The Morgan fingerprint density at radius 3 is 2.44 bits per heavy atom. The molecule has 0 heterocycles. The average molecular weight is 632 g/mol. The van der Waals surface area contributed by atoms with Crippen LogP contribution in [0.15, 0.2) is 77.3 Å². The Bertz CT molecular complexity index is 1240. The Morgan fingerprint density at radius 2 is 1.72 bits per heavy atom. The van der Waals surface area contributed by atoms with E-state index in [2.05, 4.69) is 21.2 Å². The van der Waals surface area contributed by atoms with Crippen molar-refractivity contribution < 1.29 is 14.0 Å². The molecule has 0 radical (unpaired) electrons. The standard InChI is InChI=1S/C31H33BrClFN2O2S/c32-24-12-7-11-23(17-24)19-36(30(37)21-39-20-26-27(33)15-8-16-28(26)34)29(18-22-9-3-1-4-10-22)31(38)35-25-13-5-2-6-14-25/h1,3-4,7-12,15-17,25,29H,2,5-6,13-14,18-21H2,(H,35,38)/t29-/m0/s1. The lowest BCUT2D eigenvalue weighted by atomic mass is 9.94. The zero-order valence-electron chi connectivity index (χ0n) is 21.8.